The van der Waals surface area contributed by atoms with Gasteiger partial charge in [-0.25, -0.2) is 21.2 Å². The highest BCUT2D eigenvalue weighted by Crippen LogP contribution is 2.22. The van der Waals surface area contributed by atoms with Gasteiger partial charge in [0.2, 0.25) is 0 Å². The highest BCUT2D eigenvalue weighted by Gasteiger charge is 2.19. The van der Waals surface area contributed by atoms with Crippen molar-refractivity contribution in [3.8, 4) is 0 Å². The van der Waals surface area contributed by atoms with Gasteiger partial charge in [-0.1, -0.05) is 0 Å². The number of rotatable bonds is 4. The lowest BCUT2D eigenvalue weighted by Crippen LogP contribution is -2.14. The Morgan fingerprint density at radius 2 is 1.90 bits per heavy atom. The van der Waals surface area contributed by atoms with Crippen LogP contribution in [0, 0.1) is 5.82 Å². The number of anilines is 1. The summed E-state index contributed by atoms with van der Waals surface area (Å²) in [5, 5.41) is 5.79. The van der Waals surface area contributed by atoms with E-state index >= 15 is 0 Å². The Labute approximate surface area is 114 Å². The molecule has 7 nitrogen and oxygen atoms in total. The minimum absolute atomic E-state index is 0.191. The molecule has 0 bridgehead atoms. The molecule has 108 valence electrons. The SMILES string of the molecule is CS(=O)(=O)c1ccc(F)c(NS(=O)(=O)c2cn[nH]c2)c1. The lowest BCUT2D eigenvalue weighted by molar-refractivity contribution is 0.595. The Morgan fingerprint density at radius 1 is 1.20 bits per heavy atom. The summed E-state index contributed by atoms with van der Waals surface area (Å²) < 4.78 is 62.1. The smallest absolute Gasteiger partial charge is 0.265 e. The van der Waals surface area contributed by atoms with Crippen LogP contribution in [0.3, 0.4) is 0 Å². The zero-order valence-corrected chi connectivity index (χ0v) is 11.8. The first-order valence-electron chi connectivity index (χ1n) is 5.21. The molecule has 0 amide bonds. The molecular weight excluding hydrogens is 309 g/mol. The van der Waals surface area contributed by atoms with Crippen LogP contribution in [0.25, 0.3) is 0 Å². The molecular formula is C10H10FN3O4S2. The third kappa shape index (κ3) is 2.96. The molecule has 2 aromatic rings. The first-order chi connectivity index (χ1) is 9.20. The van der Waals surface area contributed by atoms with E-state index in [0.29, 0.717) is 0 Å². The van der Waals surface area contributed by atoms with Gasteiger partial charge in [0.05, 0.1) is 16.8 Å². The van der Waals surface area contributed by atoms with Crippen molar-refractivity contribution in [1.82, 2.24) is 10.2 Å². The molecule has 0 saturated carbocycles. The molecule has 0 saturated heterocycles. The average molecular weight is 319 g/mol. The maximum Gasteiger partial charge on any atom is 0.265 e. The second kappa shape index (κ2) is 4.87. The molecule has 0 radical (unpaired) electrons. The molecule has 0 atom stereocenters. The van der Waals surface area contributed by atoms with Gasteiger partial charge in [-0.2, -0.15) is 5.10 Å². The van der Waals surface area contributed by atoms with Gasteiger partial charge in [-0.05, 0) is 18.2 Å². The van der Waals surface area contributed by atoms with Crippen molar-refractivity contribution >= 4 is 25.5 Å². The average Bonchev–Trinajstić information content (AvgIpc) is 2.84. The van der Waals surface area contributed by atoms with Crippen molar-refractivity contribution in [3.05, 3.63) is 36.4 Å². The number of hydrogen-bond donors (Lipinski definition) is 2. The molecule has 1 heterocycles. The molecule has 2 rings (SSSR count). The van der Waals surface area contributed by atoms with Gasteiger partial charge < -0.3 is 0 Å². The quantitative estimate of drug-likeness (QED) is 0.808. The summed E-state index contributed by atoms with van der Waals surface area (Å²) in [5.74, 6) is -0.885. The van der Waals surface area contributed by atoms with Crippen LogP contribution in [0.5, 0.6) is 0 Å². The van der Waals surface area contributed by atoms with Crippen molar-refractivity contribution in [2.75, 3.05) is 11.0 Å². The zero-order chi connectivity index (χ0) is 15.0. The van der Waals surface area contributed by atoms with E-state index in [1.807, 2.05) is 4.72 Å². The Kier molecular flexibility index (Phi) is 3.52. The summed E-state index contributed by atoms with van der Waals surface area (Å²) >= 11 is 0. The number of benzene rings is 1. The predicted molar refractivity (Wildman–Crippen MR) is 68.9 cm³/mol. The molecule has 2 N–H and O–H groups in total. The van der Waals surface area contributed by atoms with E-state index in [2.05, 4.69) is 10.2 Å². The van der Waals surface area contributed by atoms with Gasteiger partial charge in [0.1, 0.15) is 10.7 Å². The topological polar surface area (TPSA) is 109 Å². The number of halogens is 1. The molecule has 1 aromatic heterocycles. The molecule has 0 fully saturated rings. The van der Waals surface area contributed by atoms with Crippen LogP contribution in [-0.2, 0) is 19.9 Å². The number of aromatic amines is 1. The second-order valence-electron chi connectivity index (χ2n) is 3.95. The minimum Gasteiger partial charge on any atom is -0.284 e. The van der Waals surface area contributed by atoms with Crippen LogP contribution in [0.2, 0.25) is 0 Å². The first kappa shape index (κ1) is 14.5. The van der Waals surface area contributed by atoms with E-state index in [-0.39, 0.29) is 9.79 Å². The van der Waals surface area contributed by atoms with Crippen LogP contribution in [0.15, 0.2) is 40.4 Å². The standard InChI is InChI=1S/C10H10FN3O4S2/c1-19(15,16)7-2-3-9(11)10(4-7)14-20(17,18)8-5-12-13-6-8/h2-6,14H,1H3,(H,12,13). The number of sulfone groups is 1. The van der Waals surface area contributed by atoms with Crippen molar-refractivity contribution in [2.45, 2.75) is 9.79 Å². The van der Waals surface area contributed by atoms with Gasteiger partial charge in [0, 0.05) is 12.5 Å². The predicted octanol–water partition coefficient (Wildman–Crippen LogP) is 0.753. The molecule has 0 aliphatic rings. The van der Waals surface area contributed by atoms with Gasteiger partial charge in [-0.3, -0.25) is 9.82 Å². The Balaban J connectivity index is 2.44. The maximum atomic E-state index is 13.6. The zero-order valence-electron chi connectivity index (χ0n) is 10.2. The van der Waals surface area contributed by atoms with E-state index in [1.165, 1.54) is 0 Å². The Hall–Kier alpha value is -1.94. The van der Waals surface area contributed by atoms with Crippen LogP contribution < -0.4 is 4.72 Å². The van der Waals surface area contributed by atoms with E-state index in [1.54, 1.807) is 0 Å². The summed E-state index contributed by atoms with van der Waals surface area (Å²) in [6, 6.07) is 2.85. The van der Waals surface area contributed by atoms with E-state index < -0.39 is 31.4 Å². The van der Waals surface area contributed by atoms with E-state index in [4.69, 9.17) is 0 Å². The van der Waals surface area contributed by atoms with Gasteiger partial charge >= 0.3 is 0 Å². The van der Waals surface area contributed by atoms with Crippen molar-refractivity contribution < 1.29 is 21.2 Å². The normalized spacial score (nSPS) is 12.3. The van der Waals surface area contributed by atoms with Crippen LogP contribution in [-0.4, -0.2) is 33.3 Å². The molecule has 0 unspecified atom stereocenters. The van der Waals surface area contributed by atoms with Gasteiger partial charge in [-0.15, -0.1) is 0 Å². The molecule has 0 aliphatic heterocycles. The first-order valence-corrected chi connectivity index (χ1v) is 8.59. The number of nitrogens with one attached hydrogen (secondary N) is 2. The van der Waals surface area contributed by atoms with E-state index in [0.717, 1.165) is 36.8 Å². The third-order valence-corrected chi connectivity index (χ3v) is 4.84. The molecule has 1 aromatic carbocycles. The van der Waals surface area contributed by atoms with Crippen LogP contribution in [0.1, 0.15) is 0 Å². The Bertz CT molecular complexity index is 829. The number of nitrogens with zero attached hydrogens (tertiary/aromatic N) is 1. The lowest BCUT2D eigenvalue weighted by atomic mass is 10.3. The summed E-state index contributed by atoms with van der Waals surface area (Å²) in [6.45, 7) is 0. The van der Waals surface area contributed by atoms with Crippen molar-refractivity contribution in [1.29, 1.82) is 0 Å². The summed E-state index contributed by atoms with van der Waals surface area (Å²) in [4.78, 5) is -0.384. The summed E-state index contributed by atoms with van der Waals surface area (Å²) in [7, 11) is -7.60. The highest BCUT2D eigenvalue weighted by molar-refractivity contribution is 7.92. The number of aromatic nitrogens is 2. The lowest BCUT2D eigenvalue weighted by Gasteiger charge is -2.08. The van der Waals surface area contributed by atoms with Crippen LogP contribution >= 0.6 is 0 Å². The van der Waals surface area contributed by atoms with E-state index in [9.17, 15) is 21.2 Å². The molecule has 0 aliphatic carbocycles. The summed E-state index contributed by atoms with van der Waals surface area (Å²) in [6.07, 6.45) is 3.09. The summed E-state index contributed by atoms with van der Waals surface area (Å²) in [5.41, 5.74) is -0.450. The number of H-pyrrole nitrogens is 1. The van der Waals surface area contributed by atoms with Crippen molar-refractivity contribution in [2.24, 2.45) is 0 Å². The minimum atomic E-state index is -4.03. The van der Waals surface area contributed by atoms with Crippen LogP contribution in [0.4, 0.5) is 10.1 Å². The monoisotopic (exact) mass is 319 g/mol. The Morgan fingerprint density at radius 3 is 2.45 bits per heavy atom. The fourth-order valence-electron chi connectivity index (χ4n) is 1.40. The third-order valence-electron chi connectivity index (χ3n) is 2.39. The maximum absolute atomic E-state index is 13.6. The van der Waals surface area contributed by atoms with Gasteiger partial charge in [0.25, 0.3) is 10.0 Å². The molecule has 10 heteroatoms. The second-order valence-corrected chi connectivity index (χ2v) is 7.65. The number of hydrogen-bond acceptors (Lipinski definition) is 5. The largest absolute Gasteiger partial charge is 0.284 e. The fourth-order valence-corrected chi connectivity index (χ4v) is 3.01. The fraction of sp³-hybridized carbons (Fsp3) is 0.100. The number of sulfonamides is 1. The molecule has 0 spiro atoms. The van der Waals surface area contributed by atoms with Gasteiger partial charge in [0.15, 0.2) is 9.84 Å². The molecule has 20 heavy (non-hydrogen) atoms. The van der Waals surface area contributed by atoms with Crippen molar-refractivity contribution in [3.63, 3.8) is 0 Å². The highest BCUT2D eigenvalue weighted by atomic mass is 32.2.